The number of carbonyl (C=O) groups excluding carboxylic acids is 1. The first-order valence-electron chi connectivity index (χ1n) is 8.12. The number of aromatic nitrogens is 1. The molecule has 0 spiro atoms. The molecule has 0 unspecified atom stereocenters. The van der Waals surface area contributed by atoms with Crippen molar-refractivity contribution in [3.8, 4) is 17.0 Å². The molecule has 0 radical (unpaired) electrons. The summed E-state index contributed by atoms with van der Waals surface area (Å²) in [4.78, 5) is 16.5. The van der Waals surface area contributed by atoms with E-state index in [1.165, 1.54) is 0 Å². The minimum atomic E-state index is 0.0460. The van der Waals surface area contributed by atoms with Crippen LogP contribution in [0, 0.1) is 0 Å². The van der Waals surface area contributed by atoms with Gasteiger partial charge in [-0.1, -0.05) is 12.1 Å². The number of thiophene rings is 1. The second kappa shape index (κ2) is 8.44. The van der Waals surface area contributed by atoms with Crippen molar-refractivity contribution in [1.82, 2.24) is 10.3 Å². The molecule has 5 heteroatoms. The quantitative estimate of drug-likeness (QED) is 0.697. The SMILES string of the molecule is COc1ccc(CCC(=O)NCc2ccnc(-c3ccsc3)c2)cc1. The van der Waals surface area contributed by atoms with E-state index >= 15 is 0 Å². The second-order valence-corrected chi connectivity index (χ2v) is 6.47. The zero-order valence-corrected chi connectivity index (χ0v) is 14.9. The van der Waals surface area contributed by atoms with Gasteiger partial charge < -0.3 is 10.1 Å². The van der Waals surface area contributed by atoms with E-state index in [-0.39, 0.29) is 5.91 Å². The summed E-state index contributed by atoms with van der Waals surface area (Å²) in [7, 11) is 1.64. The molecular weight excluding hydrogens is 332 g/mol. The summed E-state index contributed by atoms with van der Waals surface area (Å²) in [6.45, 7) is 0.515. The molecular formula is C20H20N2O2S. The molecule has 1 amide bonds. The molecule has 0 saturated carbocycles. The summed E-state index contributed by atoms with van der Waals surface area (Å²) < 4.78 is 5.13. The van der Waals surface area contributed by atoms with E-state index in [0.29, 0.717) is 19.4 Å². The highest BCUT2D eigenvalue weighted by molar-refractivity contribution is 7.08. The zero-order chi connectivity index (χ0) is 17.5. The number of pyridine rings is 1. The van der Waals surface area contributed by atoms with Gasteiger partial charge in [-0.05, 0) is 53.3 Å². The van der Waals surface area contributed by atoms with Gasteiger partial charge in [0.1, 0.15) is 5.75 Å². The molecule has 25 heavy (non-hydrogen) atoms. The summed E-state index contributed by atoms with van der Waals surface area (Å²) in [5, 5.41) is 7.08. The van der Waals surface area contributed by atoms with Crippen molar-refractivity contribution >= 4 is 17.2 Å². The number of ether oxygens (including phenoxy) is 1. The van der Waals surface area contributed by atoms with Crippen molar-refractivity contribution in [2.45, 2.75) is 19.4 Å². The van der Waals surface area contributed by atoms with Crippen molar-refractivity contribution in [3.05, 3.63) is 70.5 Å². The number of nitrogens with zero attached hydrogens (tertiary/aromatic N) is 1. The third-order valence-electron chi connectivity index (χ3n) is 3.93. The Kier molecular flexibility index (Phi) is 5.80. The minimum Gasteiger partial charge on any atom is -0.497 e. The van der Waals surface area contributed by atoms with Crippen LogP contribution in [0.4, 0.5) is 0 Å². The highest BCUT2D eigenvalue weighted by atomic mass is 32.1. The first-order valence-corrected chi connectivity index (χ1v) is 9.06. The van der Waals surface area contributed by atoms with Crippen molar-refractivity contribution in [1.29, 1.82) is 0 Å². The fourth-order valence-electron chi connectivity index (χ4n) is 2.49. The topological polar surface area (TPSA) is 51.2 Å². The molecule has 3 aromatic rings. The number of amides is 1. The molecule has 0 aliphatic carbocycles. The molecule has 0 bridgehead atoms. The van der Waals surface area contributed by atoms with Gasteiger partial charge in [-0.2, -0.15) is 11.3 Å². The van der Waals surface area contributed by atoms with E-state index in [4.69, 9.17) is 4.74 Å². The number of rotatable bonds is 7. The summed E-state index contributed by atoms with van der Waals surface area (Å²) >= 11 is 1.65. The van der Waals surface area contributed by atoms with Crippen molar-refractivity contribution in [2.75, 3.05) is 7.11 Å². The van der Waals surface area contributed by atoms with E-state index in [9.17, 15) is 4.79 Å². The van der Waals surface area contributed by atoms with Crippen LogP contribution in [-0.4, -0.2) is 18.0 Å². The average molecular weight is 352 g/mol. The molecule has 1 N–H and O–H groups in total. The molecule has 0 fully saturated rings. The van der Waals surface area contributed by atoms with Crippen LogP contribution in [0.1, 0.15) is 17.5 Å². The average Bonchev–Trinajstić information content (AvgIpc) is 3.20. The summed E-state index contributed by atoms with van der Waals surface area (Å²) in [6, 6.07) is 13.8. The predicted octanol–water partition coefficient (Wildman–Crippen LogP) is 4.07. The monoisotopic (exact) mass is 352 g/mol. The van der Waals surface area contributed by atoms with Crippen LogP contribution in [0.5, 0.6) is 5.75 Å². The third-order valence-corrected chi connectivity index (χ3v) is 4.61. The number of aryl methyl sites for hydroxylation is 1. The van der Waals surface area contributed by atoms with E-state index < -0.39 is 0 Å². The van der Waals surface area contributed by atoms with Gasteiger partial charge in [-0.15, -0.1) is 0 Å². The molecule has 4 nitrogen and oxygen atoms in total. The van der Waals surface area contributed by atoms with Gasteiger partial charge in [0.2, 0.25) is 5.91 Å². The first-order chi connectivity index (χ1) is 12.2. The van der Waals surface area contributed by atoms with Gasteiger partial charge in [0.15, 0.2) is 0 Å². The number of nitrogens with one attached hydrogen (secondary N) is 1. The van der Waals surface area contributed by atoms with Crippen LogP contribution >= 0.6 is 11.3 Å². The number of hydrogen-bond acceptors (Lipinski definition) is 4. The lowest BCUT2D eigenvalue weighted by atomic mass is 10.1. The van der Waals surface area contributed by atoms with E-state index in [1.807, 2.05) is 47.8 Å². The van der Waals surface area contributed by atoms with Crippen molar-refractivity contribution in [3.63, 3.8) is 0 Å². The van der Waals surface area contributed by atoms with Gasteiger partial charge in [0, 0.05) is 30.1 Å². The first kappa shape index (κ1) is 17.2. The van der Waals surface area contributed by atoms with Gasteiger partial charge in [0.25, 0.3) is 0 Å². The number of methoxy groups -OCH3 is 1. The molecule has 2 aromatic heterocycles. The number of hydrogen-bond donors (Lipinski definition) is 1. The fourth-order valence-corrected chi connectivity index (χ4v) is 3.14. The van der Waals surface area contributed by atoms with Crippen LogP contribution in [0.25, 0.3) is 11.3 Å². The van der Waals surface area contributed by atoms with Gasteiger partial charge >= 0.3 is 0 Å². The summed E-state index contributed by atoms with van der Waals surface area (Å²) in [5.74, 6) is 0.872. The summed E-state index contributed by atoms with van der Waals surface area (Å²) in [6.07, 6.45) is 2.97. The minimum absolute atomic E-state index is 0.0460. The van der Waals surface area contributed by atoms with Crippen molar-refractivity contribution < 1.29 is 9.53 Å². The molecule has 0 saturated heterocycles. The van der Waals surface area contributed by atoms with Gasteiger partial charge in [-0.25, -0.2) is 0 Å². The van der Waals surface area contributed by atoms with E-state index in [0.717, 1.165) is 28.1 Å². The normalized spacial score (nSPS) is 10.4. The van der Waals surface area contributed by atoms with Crippen LogP contribution in [0.2, 0.25) is 0 Å². The zero-order valence-electron chi connectivity index (χ0n) is 14.1. The Balaban J connectivity index is 1.49. The van der Waals surface area contributed by atoms with Gasteiger partial charge in [-0.3, -0.25) is 9.78 Å². The lowest BCUT2D eigenvalue weighted by Crippen LogP contribution is -2.23. The van der Waals surface area contributed by atoms with E-state index in [2.05, 4.69) is 15.7 Å². The molecule has 1 aromatic carbocycles. The van der Waals surface area contributed by atoms with Crippen LogP contribution in [0.3, 0.4) is 0 Å². The molecule has 0 atom stereocenters. The second-order valence-electron chi connectivity index (χ2n) is 5.69. The molecule has 2 heterocycles. The highest BCUT2D eigenvalue weighted by Crippen LogP contribution is 2.20. The third kappa shape index (κ3) is 4.90. The highest BCUT2D eigenvalue weighted by Gasteiger charge is 2.05. The Hall–Kier alpha value is -2.66. The van der Waals surface area contributed by atoms with Crippen molar-refractivity contribution in [2.24, 2.45) is 0 Å². The number of carbonyl (C=O) groups is 1. The lowest BCUT2D eigenvalue weighted by molar-refractivity contribution is -0.121. The number of benzene rings is 1. The molecule has 3 rings (SSSR count). The summed E-state index contributed by atoms with van der Waals surface area (Å²) in [5.41, 5.74) is 4.22. The molecule has 0 aliphatic heterocycles. The largest absolute Gasteiger partial charge is 0.497 e. The Morgan fingerprint density at radius 2 is 2.00 bits per heavy atom. The maximum atomic E-state index is 12.1. The molecule has 0 aliphatic rings. The maximum absolute atomic E-state index is 12.1. The Labute approximate surface area is 151 Å². The maximum Gasteiger partial charge on any atom is 0.220 e. The Morgan fingerprint density at radius 1 is 1.16 bits per heavy atom. The molecule has 128 valence electrons. The predicted molar refractivity (Wildman–Crippen MR) is 101 cm³/mol. The standard InChI is InChI=1S/C20H20N2O2S/c1-24-18-5-2-15(3-6-18)4-7-20(23)22-13-16-8-10-21-19(12-16)17-9-11-25-14-17/h2-3,5-6,8-12,14H,4,7,13H2,1H3,(H,22,23). The Bertz CT molecular complexity index is 814. The lowest BCUT2D eigenvalue weighted by Gasteiger charge is -2.07. The van der Waals surface area contributed by atoms with Gasteiger partial charge in [0.05, 0.1) is 12.8 Å². The smallest absolute Gasteiger partial charge is 0.220 e. The van der Waals surface area contributed by atoms with Crippen LogP contribution < -0.4 is 10.1 Å². The van der Waals surface area contributed by atoms with Crippen LogP contribution in [-0.2, 0) is 17.8 Å². The van der Waals surface area contributed by atoms with E-state index in [1.54, 1.807) is 24.6 Å². The van der Waals surface area contributed by atoms with Crippen LogP contribution in [0.15, 0.2) is 59.4 Å². The fraction of sp³-hybridized carbons (Fsp3) is 0.200. The Morgan fingerprint density at radius 3 is 2.72 bits per heavy atom.